The number of benzene rings is 1. The van der Waals surface area contributed by atoms with Crippen LogP contribution in [0.5, 0.6) is 5.75 Å². The fourth-order valence-electron chi connectivity index (χ4n) is 2.11. The van der Waals surface area contributed by atoms with Gasteiger partial charge < -0.3 is 14.6 Å². The number of carbonyl (C=O) groups excluding carboxylic acids is 2. The highest BCUT2D eigenvalue weighted by atomic mass is 16.5. The minimum absolute atomic E-state index is 0.0676. The first-order chi connectivity index (χ1) is 12.2. The molecule has 138 valence electrons. The first kappa shape index (κ1) is 20.6. The summed E-state index contributed by atoms with van der Waals surface area (Å²) in [6.45, 7) is 0.134. The molecule has 0 aliphatic carbocycles. The maximum atomic E-state index is 11.7. The summed E-state index contributed by atoms with van der Waals surface area (Å²) < 4.78 is 9.95. The number of hydrogen-bond donors (Lipinski definition) is 2. The van der Waals surface area contributed by atoms with Crippen molar-refractivity contribution in [2.45, 2.75) is 38.5 Å². The van der Waals surface area contributed by atoms with E-state index in [2.05, 4.69) is 15.3 Å². The van der Waals surface area contributed by atoms with Crippen LogP contribution in [0.25, 0.3) is 0 Å². The van der Waals surface area contributed by atoms with Crippen LogP contribution in [0.1, 0.15) is 44.1 Å². The SMILES string of the molecule is COC(=O)CCCCCCC(=O)N/N=C/c1ccccc1OCCO. The number of carbonyl (C=O) groups is 2. The van der Waals surface area contributed by atoms with Crippen LogP contribution in [0.4, 0.5) is 0 Å². The van der Waals surface area contributed by atoms with E-state index >= 15 is 0 Å². The topological polar surface area (TPSA) is 97.2 Å². The van der Waals surface area contributed by atoms with Crippen molar-refractivity contribution < 1.29 is 24.2 Å². The molecule has 0 unspecified atom stereocenters. The molecule has 0 saturated heterocycles. The molecule has 1 aromatic carbocycles. The fourth-order valence-corrected chi connectivity index (χ4v) is 2.11. The fraction of sp³-hybridized carbons (Fsp3) is 0.500. The van der Waals surface area contributed by atoms with E-state index in [0.29, 0.717) is 18.6 Å². The Morgan fingerprint density at radius 2 is 1.88 bits per heavy atom. The summed E-state index contributed by atoms with van der Waals surface area (Å²) in [5.41, 5.74) is 3.21. The molecular formula is C18H26N2O5. The van der Waals surface area contributed by atoms with Gasteiger partial charge in [-0.25, -0.2) is 5.43 Å². The molecule has 0 fully saturated rings. The Hall–Kier alpha value is -2.41. The standard InChI is InChI=1S/C18H26N2O5/c1-24-18(23)11-5-3-2-4-10-17(22)20-19-14-15-8-6-7-9-16(15)25-13-12-21/h6-9,14,21H,2-5,10-13H2,1H3,(H,20,22)/b19-14+. The Morgan fingerprint density at radius 1 is 1.16 bits per heavy atom. The molecule has 1 amide bonds. The molecule has 7 nitrogen and oxygen atoms in total. The van der Waals surface area contributed by atoms with E-state index < -0.39 is 0 Å². The first-order valence-corrected chi connectivity index (χ1v) is 8.38. The molecule has 0 spiro atoms. The van der Waals surface area contributed by atoms with E-state index in [4.69, 9.17) is 9.84 Å². The Balaban J connectivity index is 2.23. The van der Waals surface area contributed by atoms with Crippen LogP contribution in [0.3, 0.4) is 0 Å². The summed E-state index contributed by atoms with van der Waals surface area (Å²) in [6.07, 6.45) is 5.62. The van der Waals surface area contributed by atoms with E-state index in [9.17, 15) is 9.59 Å². The second-order valence-corrected chi connectivity index (χ2v) is 5.39. The predicted octanol–water partition coefficient (Wildman–Crippen LogP) is 2.02. The number of nitrogens with one attached hydrogen (secondary N) is 1. The zero-order valence-electron chi connectivity index (χ0n) is 14.6. The van der Waals surface area contributed by atoms with Crippen molar-refractivity contribution in [1.82, 2.24) is 5.43 Å². The Morgan fingerprint density at radius 3 is 2.60 bits per heavy atom. The lowest BCUT2D eigenvalue weighted by Crippen LogP contribution is -2.17. The first-order valence-electron chi connectivity index (χ1n) is 8.38. The van der Waals surface area contributed by atoms with Gasteiger partial charge in [-0.05, 0) is 25.0 Å². The van der Waals surface area contributed by atoms with Gasteiger partial charge in [-0.3, -0.25) is 9.59 Å². The van der Waals surface area contributed by atoms with Gasteiger partial charge in [0.05, 0.1) is 19.9 Å². The predicted molar refractivity (Wildman–Crippen MR) is 94.5 cm³/mol. The highest BCUT2D eigenvalue weighted by molar-refractivity contribution is 5.85. The van der Waals surface area contributed by atoms with Crippen LogP contribution in [0.2, 0.25) is 0 Å². The second kappa shape index (κ2) is 12.9. The van der Waals surface area contributed by atoms with Crippen molar-refractivity contribution in [3.05, 3.63) is 29.8 Å². The molecule has 0 bridgehead atoms. The minimum Gasteiger partial charge on any atom is -0.491 e. The number of para-hydroxylation sites is 1. The Labute approximate surface area is 148 Å². The third-order valence-electron chi connectivity index (χ3n) is 3.42. The summed E-state index contributed by atoms with van der Waals surface area (Å²) in [4.78, 5) is 22.7. The van der Waals surface area contributed by atoms with Gasteiger partial charge in [0.15, 0.2) is 0 Å². The van der Waals surface area contributed by atoms with Gasteiger partial charge in [0.2, 0.25) is 5.91 Å². The third kappa shape index (κ3) is 9.46. The molecule has 0 heterocycles. The number of hydrogen-bond acceptors (Lipinski definition) is 6. The molecule has 7 heteroatoms. The molecule has 0 aliphatic rings. The number of methoxy groups -OCH3 is 1. The molecular weight excluding hydrogens is 324 g/mol. The zero-order chi connectivity index (χ0) is 18.3. The number of rotatable bonds is 12. The van der Waals surface area contributed by atoms with Gasteiger partial charge >= 0.3 is 5.97 Å². The summed E-state index contributed by atoms with van der Waals surface area (Å²) in [5, 5.41) is 12.7. The second-order valence-electron chi connectivity index (χ2n) is 5.39. The average molecular weight is 350 g/mol. The van der Waals surface area contributed by atoms with Crippen molar-refractivity contribution in [3.63, 3.8) is 0 Å². The number of ether oxygens (including phenoxy) is 2. The molecule has 0 atom stereocenters. The normalized spacial score (nSPS) is 10.6. The van der Waals surface area contributed by atoms with Crippen molar-refractivity contribution in [3.8, 4) is 5.75 Å². The van der Waals surface area contributed by atoms with Crippen LogP contribution < -0.4 is 10.2 Å². The maximum Gasteiger partial charge on any atom is 0.305 e. The largest absolute Gasteiger partial charge is 0.491 e. The lowest BCUT2D eigenvalue weighted by Gasteiger charge is -2.07. The quantitative estimate of drug-likeness (QED) is 0.260. The van der Waals surface area contributed by atoms with Crippen LogP contribution in [-0.4, -0.2) is 43.5 Å². The monoisotopic (exact) mass is 350 g/mol. The van der Waals surface area contributed by atoms with Crippen molar-refractivity contribution in [2.24, 2.45) is 5.10 Å². The number of aliphatic hydroxyl groups is 1. The average Bonchev–Trinajstić information content (AvgIpc) is 2.63. The van der Waals surface area contributed by atoms with Gasteiger partial charge in [0.25, 0.3) is 0 Å². The molecule has 1 rings (SSSR count). The van der Waals surface area contributed by atoms with Gasteiger partial charge in [-0.2, -0.15) is 5.10 Å². The molecule has 0 aliphatic heterocycles. The molecule has 25 heavy (non-hydrogen) atoms. The molecule has 1 aromatic rings. The van der Waals surface area contributed by atoms with Crippen molar-refractivity contribution in [2.75, 3.05) is 20.3 Å². The van der Waals surface area contributed by atoms with Gasteiger partial charge in [0, 0.05) is 18.4 Å². The van der Waals surface area contributed by atoms with E-state index in [1.54, 1.807) is 6.07 Å². The minimum atomic E-state index is -0.199. The van der Waals surface area contributed by atoms with Gasteiger partial charge in [0.1, 0.15) is 12.4 Å². The summed E-state index contributed by atoms with van der Waals surface area (Å²) in [5.74, 6) is 0.244. The van der Waals surface area contributed by atoms with Gasteiger partial charge in [-0.1, -0.05) is 25.0 Å². The van der Waals surface area contributed by atoms with E-state index in [-0.39, 0.29) is 25.1 Å². The number of amides is 1. The van der Waals surface area contributed by atoms with Crippen LogP contribution >= 0.6 is 0 Å². The van der Waals surface area contributed by atoms with Crippen LogP contribution in [0, 0.1) is 0 Å². The molecule has 0 saturated carbocycles. The molecule has 0 radical (unpaired) electrons. The Kier molecular flexibility index (Phi) is 10.7. The third-order valence-corrected chi connectivity index (χ3v) is 3.42. The smallest absolute Gasteiger partial charge is 0.305 e. The highest BCUT2D eigenvalue weighted by Crippen LogP contribution is 2.15. The van der Waals surface area contributed by atoms with Crippen LogP contribution in [-0.2, 0) is 14.3 Å². The van der Waals surface area contributed by atoms with Crippen LogP contribution in [0.15, 0.2) is 29.4 Å². The number of unbranched alkanes of at least 4 members (excludes halogenated alkanes) is 3. The molecule has 0 aromatic heterocycles. The highest BCUT2D eigenvalue weighted by Gasteiger charge is 2.03. The summed E-state index contributed by atoms with van der Waals surface area (Å²) in [6, 6.07) is 7.24. The van der Waals surface area contributed by atoms with Gasteiger partial charge in [-0.15, -0.1) is 0 Å². The number of aliphatic hydroxyl groups excluding tert-OH is 1. The van der Waals surface area contributed by atoms with E-state index in [1.807, 2.05) is 18.2 Å². The lowest BCUT2D eigenvalue weighted by atomic mass is 10.1. The number of hydrazone groups is 1. The molecule has 2 N–H and O–H groups in total. The Bertz CT molecular complexity index is 560. The van der Waals surface area contributed by atoms with E-state index in [1.165, 1.54) is 13.3 Å². The number of esters is 1. The summed E-state index contributed by atoms with van der Waals surface area (Å²) in [7, 11) is 1.38. The van der Waals surface area contributed by atoms with Crippen molar-refractivity contribution >= 4 is 18.1 Å². The zero-order valence-corrected chi connectivity index (χ0v) is 14.6. The van der Waals surface area contributed by atoms with Crippen molar-refractivity contribution in [1.29, 1.82) is 0 Å². The lowest BCUT2D eigenvalue weighted by molar-refractivity contribution is -0.140. The van der Waals surface area contributed by atoms with E-state index in [0.717, 1.165) is 31.2 Å². The maximum absolute atomic E-state index is 11.7. The number of nitrogens with zero attached hydrogens (tertiary/aromatic N) is 1. The summed E-state index contributed by atoms with van der Waals surface area (Å²) >= 11 is 0.